The predicted molar refractivity (Wildman–Crippen MR) is 109 cm³/mol. The Kier molecular flexibility index (Phi) is 5.66. The number of anilines is 1. The topological polar surface area (TPSA) is 63.5 Å². The van der Waals surface area contributed by atoms with Gasteiger partial charge in [0.15, 0.2) is 0 Å². The second-order valence-electron chi connectivity index (χ2n) is 6.11. The monoisotopic (exact) mass is 424 g/mol. The van der Waals surface area contributed by atoms with Crippen LogP contribution in [0, 0.1) is 17.0 Å². The van der Waals surface area contributed by atoms with Gasteiger partial charge in [-0.05, 0) is 42.8 Å². The number of rotatable bonds is 5. The van der Waals surface area contributed by atoms with E-state index < -0.39 is 4.92 Å². The molecule has 0 spiro atoms. The second-order valence-corrected chi connectivity index (χ2v) is 7.03. The maximum atomic E-state index is 13.2. The Hall–Kier alpha value is -2.99. The van der Waals surface area contributed by atoms with E-state index in [0.29, 0.717) is 23.4 Å². The Morgan fingerprint density at radius 3 is 2.33 bits per heavy atom. The highest BCUT2D eigenvalue weighted by molar-refractivity contribution is 9.10. The van der Waals surface area contributed by atoms with Crippen LogP contribution in [0.2, 0.25) is 0 Å². The molecule has 0 aliphatic carbocycles. The normalized spacial score (nSPS) is 10.4. The van der Waals surface area contributed by atoms with E-state index in [-0.39, 0.29) is 11.6 Å². The van der Waals surface area contributed by atoms with Gasteiger partial charge in [0.05, 0.1) is 17.2 Å². The van der Waals surface area contributed by atoms with Crippen molar-refractivity contribution in [2.75, 3.05) is 4.90 Å². The molecule has 6 heteroatoms. The Bertz CT molecular complexity index is 972. The third kappa shape index (κ3) is 4.41. The lowest BCUT2D eigenvalue weighted by molar-refractivity contribution is -0.385. The molecule has 0 radical (unpaired) electrons. The van der Waals surface area contributed by atoms with Gasteiger partial charge in [-0.2, -0.15) is 0 Å². The fourth-order valence-electron chi connectivity index (χ4n) is 2.76. The minimum absolute atomic E-state index is 0.00540. The Balaban J connectivity index is 2.04. The summed E-state index contributed by atoms with van der Waals surface area (Å²) in [4.78, 5) is 25.6. The molecule has 3 aromatic carbocycles. The fourth-order valence-corrected chi connectivity index (χ4v) is 3.02. The number of carbonyl (C=O) groups excluding carboxylic acids is 1. The van der Waals surface area contributed by atoms with Crippen LogP contribution in [0.25, 0.3) is 0 Å². The van der Waals surface area contributed by atoms with Gasteiger partial charge < -0.3 is 4.90 Å². The number of nitro benzene ring substituents is 1. The van der Waals surface area contributed by atoms with E-state index in [2.05, 4.69) is 15.9 Å². The summed E-state index contributed by atoms with van der Waals surface area (Å²) in [5.74, 6) is -0.218. The van der Waals surface area contributed by atoms with E-state index in [4.69, 9.17) is 0 Å². The van der Waals surface area contributed by atoms with Crippen molar-refractivity contribution >= 4 is 33.2 Å². The molecule has 0 unspecified atom stereocenters. The molecule has 0 aliphatic heterocycles. The van der Waals surface area contributed by atoms with Crippen LogP contribution in [0.15, 0.2) is 77.3 Å². The van der Waals surface area contributed by atoms with Crippen molar-refractivity contribution in [1.82, 2.24) is 0 Å². The molecule has 0 aromatic heterocycles. The summed E-state index contributed by atoms with van der Waals surface area (Å²) in [5.41, 5.74) is 2.49. The molecule has 5 nitrogen and oxygen atoms in total. The first-order valence-electron chi connectivity index (χ1n) is 8.32. The highest BCUT2D eigenvalue weighted by Crippen LogP contribution is 2.28. The lowest BCUT2D eigenvalue weighted by Gasteiger charge is -2.23. The first kappa shape index (κ1) is 18.8. The van der Waals surface area contributed by atoms with E-state index in [1.807, 2.05) is 30.3 Å². The summed E-state index contributed by atoms with van der Waals surface area (Å²) >= 11 is 3.36. The van der Waals surface area contributed by atoms with Crippen molar-refractivity contribution in [3.8, 4) is 0 Å². The highest BCUT2D eigenvalue weighted by atomic mass is 79.9. The minimum Gasteiger partial charge on any atom is -0.304 e. The van der Waals surface area contributed by atoms with Gasteiger partial charge in [0.2, 0.25) is 0 Å². The number of amides is 1. The molecule has 0 saturated heterocycles. The average molecular weight is 425 g/mol. The van der Waals surface area contributed by atoms with E-state index in [1.54, 1.807) is 48.2 Å². The number of nitro groups is 1. The zero-order chi connectivity index (χ0) is 19.4. The van der Waals surface area contributed by atoms with Crippen molar-refractivity contribution in [1.29, 1.82) is 0 Å². The molecule has 0 fully saturated rings. The first-order valence-corrected chi connectivity index (χ1v) is 9.11. The summed E-state index contributed by atoms with van der Waals surface area (Å²) < 4.78 is 0.875. The van der Waals surface area contributed by atoms with E-state index >= 15 is 0 Å². The zero-order valence-corrected chi connectivity index (χ0v) is 16.2. The predicted octanol–water partition coefficient (Wildman–Crippen LogP) is 5.51. The molecule has 0 heterocycles. The maximum absolute atomic E-state index is 13.2. The average Bonchev–Trinajstić information content (AvgIpc) is 2.67. The van der Waals surface area contributed by atoms with Crippen molar-refractivity contribution in [3.05, 3.63) is 104 Å². The Morgan fingerprint density at radius 2 is 1.70 bits per heavy atom. The molecule has 0 atom stereocenters. The van der Waals surface area contributed by atoms with Gasteiger partial charge in [0, 0.05) is 21.7 Å². The largest absolute Gasteiger partial charge is 0.304 e. The number of hydrogen-bond acceptors (Lipinski definition) is 3. The Labute approximate surface area is 165 Å². The van der Waals surface area contributed by atoms with Crippen LogP contribution in [0.1, 0.15) is 21.5 Å². The molecular weight excluding hydrogens is 408 g/mol. The zero-order valence-electron chi connectivity index (χ0n) is 14.6. The SMILES string of the molecule is Cc1ccc(N(Cc2ccccc2)C(=O)c2ccc(Br)cc2)cc1[N+](=O)[O-]. The molecular formula is C21H17BrN2O3. The van der Waals surface area contributed by atoms with Crippen LogP contribution >= 0.6 is 15.9 Å². The van der Waals surface area contributed by atoms with Crippen LogP contribution in [0.4, 0.5) is 11.4 Å². The van der Waals surface area contributed by atoms with Crippen LogP contribution < -0.4 is 4.90 Å². The van der Waals surface area contributed by atoms with Gasteiger partial charge in [0.1, 0.15) is 0 Å². The number of halogens is 1. The quantitative estimate of drug-likeness (QED) is 0.400. The van der Waals surface area contributed by atoms with Crippen LogP contribution in [0.3, 0.4) is 0 Å². The number of hydrogen-bond donors (Lipinski definition) is 0. The van der Waals surface area contributed by atoms with Gasteiger partial charge in [-0.1, -0.05) is 52.3 Å². The molecule has 0 saturated carbocycles. The third-order valence-corrected chi connectivity index (χ3v) is 4.75. The van der Waals surface area contributed by atoms with E-state index in [1.165, 1.54) is 6.07 Å². The maximum Gasteiger partial charge on any atom is 0.274 e. The highest BCUT2D eigenvalue weighted by Gasteiger charge is 2.21. The smallest absolute Gasteiger partial charge is 0.274 e. The van der Waals surface area contributed by atoms with Crippen LogP contribution in [-0.4, -0.2) is 10.8 Å². The van der Waals surface area contributed by atoms with Crippen molar-refractivity contribution in [3.63, 3.8) is 0 Å². The summed E-state index contributed by atoms with van der Waals surface area (Å²) in [6, 6.07) is 21.5. The van der Waals surface area contributed by atoms with Crippen molar-refractivity contribution in [2.24, 2.45) is 0 Å². The summed E-state index contributed by atoms with van der Waals surface area (Å²) in [6.07, 6.45) is 0. The summed E-state index contributed by atoms with van der Waals surface area (Å²) in [6.45, 7) is 2.00. The lowest BCUT2D eigenvalue weighted by atomic mass is 10.1. The molecule has 0 aliphatic rings. The molecule has 3 rings (SSSR count). The lowest BCUT2D eigenvalue weighted by Crippen LogP contribution is -2.30. The second kappa shape index (κ2) is 8.14. The van der Waals surface area contributed by atoms with Crippen molar-refractivity contribution < 1.29 is 9.72 Å². The van der Waals surface area contributed by atoms with Gasteiger partial charge in [0.25, 0.3) is 11.6 Å². The first-order chi connectivity index (χ1) is 13.0. The molecule has 0 bridgehead atoms. The molecule has 1 amide bonds. The van der Waals surface area contributed by atoms with Gasteiger partial charge in [-0.25, -0.2) is 0 Å². The van der Waals surface area contributed by atoms with Gasteiger partial charge >= 0.3 is 0 Å². The van der Waals surface area contributed by atoms with Crippen molar-refractivity contribution in [2.45, 2.75) is 13.5 Å². The number of carbonyl (C=O) groups is 1. The fraction of sp³-hybridized carbons (Fsp3) is 0.0952. The summed E-state index contributed by atoms with van der Waals surface area (Å²) in [7, 11) is 0. The molecule has 136 valence electrons. The molecule has 3 aromatic rings. The van der Waals surface area contributed by atoms with Gasteiger partial charge in [-0.3, -0.25) is 14.9 Å². The Morgan fingerprint density at radius 1 is 1.04 bits per heavy atom. The number of benzene rings is 3. The molecule has 27 heavy (non-hydrogen) atoms. The summed E-state index contributed by atoms with van der Waals surface area (Å²) in [5, 5.41) is 11.3. The number of nitrogens with zero attached hydrogens (tertiary/aromatic N) is 2. The minimum atomic E-state index is -0.427. The van der Waals surface area contributed by atoms with Gasteiger partial charge in [-0.15, -0.1) is 0 Å². The standard InChI is InChI=1S/C21H17BrN2O3/c1-15-7-12-19(13-20(15)24(26)27)23(14-16-5-3-2-4-6-16)21(25)17-8-10-18(22)11-9-17/h2-13H,14H2,1H3. The number of aryl methyl sites for hydroxylation is 1. The van der Waals surface area contributed by atoms with Crippen LogP contribution in [0.5, 0.6) is 0 Å². The van der Waals surface area contributed by atoms with E-state index in [0.717, 1.165) is 10.0 Å². The van der Waals surface area contributed by atoms with E-state index in [9.17, 15) is 14.9 Å². The third-order valence-electron chi connectivity index (χ3n) is 4.22. The van der Waals surface area contributed by atoms with Crippen LogP contribution in [-0.2, 0) is 6.54 Å². The molecule has 0 N–H and O–H groups in total.